The minimum absolute atomic E-state index is 0.164. The van der Waals surface area contributed by atoms with Gasteiger partial charge in [0.1, 0.15) is 0 Å². The molecule has 5 nitrogen and oxygen atoms in total. The molecule has 1 rings (SSSR count). The number of nitrogens with zero attached hydrogens (tertiary/aromatic N) is 2. The Kier molecular flexibility index (Phi) is 4.85. The number of hydrogen-bond acceptors (Lipinski definition) is 4. The molecule has 0 unspecified atom stereocenters. The second-order valence-corrected chi connectivity index (χ2v) is 6.61. The highest BCUT2D eigenvalue weighted by molar-refractivity contribution is 7.89. The molecule has 0 heterocycles. The maximum atomic E-state index is 11.8. The van der Waals surface area contributed by atoms with Gasteiger partial charge in [0, 0.05) is 46.0 Å². The molecule has 0 aliphatic heterocycles. The number of carbonyl (C=O) groups excluding carboxylic acids is 1. The molecule has 0 saturated heterocycles. The molecule has 19 heavy (non-hydrogen) atoms. The van der Waals surface area contributed by atoms with Gasteiger partial charge in [0.15, 0.2) is 5.78 Å². The summed E-state index contributed by atoms with van der Waals surface area (Å²) in [4.78, 5) is 13.7. The SMILES string of the molecule is CN(C)C=CC(=O)c1ccc(S(=O)(=O)N(C)C)cc1. The lowest BCUT2D eigenvalue weighted by Gasteiger charge is -2.11. The number of rotatable bonds is 5. The Morgan fingerprint density at radius 2 is 1.58 bits per heavy atom. The summed E-state index contributed by atoms with van der Waals surface area (Å²) in [5.41, 5.74) is 0.454. The average Bonchev–Trinajstić information content (AvgIpc) is 2.35. The number of hydrogen-bond donors (Lipinski definition) is 0. The van der Waals surface area contributed by atoms with E-state index in [1.807, 2.05) is 14.1 Å². The van der Waals surface area contributed by atoms with Crippen LogP contribution >= 0.6 is 0 Å². The van der Waals surface area contributed by atoms with Gasteiger partial charge in [-0.2, -0.15) is 0 Å². The first-order valence-corrected chi connectivity index (χ1v) is 7.10. The van der Waals surface area contributed by atoms with Crippen molar-refractivity contribution in [2.75, 3.05) is 28.2 Å². The number of sulfonamides is 1. The Morgan fingerprint density at radius 3 is 2.00 bits per heavy atom. The summed E-state index contributed by atoms with van der Waals surface area (Å²) in [6.07, 6.45) is 3.09. The molecular weight excluding hydrogens is 264 g/mol. The summed E-state index contributed by atoms with van der Waals surface area (Å²) in [6.45, 7) is 0. The van der Waals surface area contributed by atoms with E-state index in [4.69, 9.17) is 0 Å². The fraction of sp³-hybridized carbons (Fsp3) is 0.308. The van der Waals surface area contributed by atoms with Crippen molar-refractivity contribution in [3.05, 3.63) is 42.1 Å². The third kappa shape index (κ3) is 3.90. The Bertz CT molecular complexity index is 572. The second-order valence-electron chi connectivity index (χ2n) is 4.46. The van der Waals surface area contributed by atoms with Crippen LogP contribution in [0.3, 0.4) is 0 Å². The third-order valence-electron chi connectivity index (χ3n) is 2.44. The van der Waals surface area contributed by atoms with Crippen LogP contribution in [0.5, 0.6) is 0 Å². The molecule has 0 saturated carbocycles. The van der Waals surface area contributed by atoms with E-state index < -0.39 is 10.0 Å². The lowest BCUT2D eigenvalue weighted by atomic mass is 10.1. The first-order chi connectivity index (χ1) is 8.75. The average molecular weight is 282 g/mol. The van der Waals surface area contributed by atoms with Crippen molar-refractivity contribution >= 4 is 15.8 Å². The molecule has 0 radical (unpaired) electrons. The van der Waals surface area contributed by atoms with Crippen LogP contribution in [0.15, 0.2) is 41.4 Å². The number of ketones is 1. The minimum atomic E-state index is -3.45. The minimum Gasteiger partial charge on any atom is -0.383 e. The zero-order valence-electron chi connectivity index (χ0n) is 11.5. The highest BCUT2D eigenvalue weighted by Gasteiger charge is 2.16. The molecular formula is C13H18N2O3S. The summed E-state index contributed by atoms with van der Waals surface area (Å²) in [5.74, 6) is -0.164. The van der Waals surface area contributed by atoms with Crippen LogP contribution in [-0.2, 0) is 10.0 Å². The van der Waals surface area contributed by atoms with Crippen molar-refractivity contribution in [1.29, 1.82) is 0 Å². The van der Waals surface area contributed by atoms with Crippen molar-refractivity contribution in [3.63, 3.8) is 0 Å². The normalized spacial score (nSPS) is 12.1. The highest BCUT2D eigenvalue weighted by Crippen LogP contribution is 2.14. The number of benzene rings is 1. The second kappa shape index (κ2) is 5.99. The van der Waals surface area contributed by atoms with E-state index in [-0.39, 0.29) is 10.7 Å². The van der Waals surface area contributed by atoms with Crippen molar-refractivity contribution in [1.82, 2.24) is 9.21 Å². The molecule has 104 valence electrons. The summed E-state index contributed by atoms with van der Waals surface area (Å²) in [7, 11) is 3.12. The van der Waals surface area contributed by atoms with Crippen LogP contribution < -0.4 is 0 Å². The molecule has 6 heteroatoms. The van der Waals surface area contributed by atoms with Crippen molar-refractivity contribution in [3.8, 4) is 0 Å². The van der Waals surface area contributed by atoms with Gasteiger partial charge in [0.2, 0.25) is 10.0 Å². The van der Waals surface area contributed by atoms with Gasteiger partial charge in [-0.25, -0.2) is 12.7 Å². The Hall–Kier alpha value is -1.66. The maximum Gasteiger partial charge on any atom is 0.242 e. The summed E-state index contributed by atoms with van der Waals surface area (Å²) < 4.78 is 24.8. The Balaban J connectivity index is 2.98. The van der Waals surface area contributed by atoms with Crippen LogP contribution in [0.25, 0.3) is 0 Å². The van der Waals surface area contributed by atoms with E-state index in [0.717, 1.165) is 4.31 Å². The molecule has 0 aromatic heterocycles. The van der Waals surface area contributed by atoms with Crippen LogP contribution in [0.1, 0.15) is 10.4 Å². The molecule has 0 atom stereocenters. The number of carbonyl (C=O) groups is 1. The lowest BCUT2D eigenvalue weighted by Crippen LogP contribution is -2.22. The fourth-order valence-electron chi connectivity index (χ4n) is 1.31. The fourth-order valence-corrected chi connectivity index (χ4v) is 2.22. The van der Waals surface area contributed by atoms with E-state index in [2.05, 4.69) is 0 Å². The van der Waals surface area contributed by atoms with Gasteiger partial charge >= 0.3 is 0 Å². The van der Waals surface area contributed by atoms with Gasteiger partial charge in [-0.05, 0) is 24.3 Å². The van der Waals surface area contributed by atoms with Gasteiger partial charge < -0.3 is 4.90 Å². The van der Waals surface area contributed by atoms with E-state index in [1.54, 1.807) is 11.1 Å². The van der Waals surface area contributed by atoms with Crippen LogP contribution in [0.4, 0.5) is 0 Å². The first kappa shape index (κ1) is 15.4. The highest BCUT2D eigenvalue weighted by atomic mass is 32.2. The molecule has 0 amide bonds. The van der Waals surface area contributed by atoms with Crippen LogP contribution in [-0.4, -0.2) is 51.6 Å². The smallest absolute Gasteiger partial charge is 0.242 e. The van der Waals surface area contributed by atoms with Crippen LogP contribution in [0.2, 0.25) is 0 Å². The van der Waals surface area contributed by atoms with Gasteiger partial charge in [0.05, 0.1) is 4.90 Å². The first-order valence-electron chi connectivity index (χ1n) is 5.66. The molecule has 0 spiro atoms. The van der Waals surface area contributed by atoms with E-state index in [0.29, 0.717) is 5.56 Å². The topological polar surface area (TPSA) is 57.7 Å². The molecule has 0 aliphatic rings. The predicted molar refractivity (Wildman–Crippen MR) is 74.5 cm³/mol. The molecule has 0 aliphatic carbocycles. The van der Waals surface area contributed by atoms with Gasteiger partial charge in [-0.15, -0.1) is 0 Å². The van der Waals surface area contributed by atoms with Gasteiger partial charge in [-0.3, -0.25) is 4.79 Å². The maximum absolute atomic E-state index is 11.8. The lowest BCUT2D eigenvalue weighted by molar-refractivity contribution is 0.104. The standard InChI is InChI=1S/C13H18N2O3S/c1-14(2)10-9-13(16)11-5-7-12(8-6-11)19(17,18)15(3)4/h5-10H,1-4H3. The summed E-state index contributed by atoms with van der Waals surface area (Å²) in [5, 5.41) is 0. The quantitative estimate of drug-likeness (QED) is 0.601. The zero-order chi connectivity index (χ0) is 14.6. The largest absolute Gasteiger partial charge is 0.383 e. The van der Waals surface area contributed by atoms with Crippen molar-refractivity contribution in [2.45, 2.75) is 4.90 Å². The van der Waals surface area contributed by atoms with E-state index in [9.17, 15) is 13.2 Å². The Morgan fingerprint density at radius 1 is 1.05 bits per heavy atom. The molecule has 0 fully saturated rings. The van der Waals surface area contributed by atoms with Crippen molar-refractivity contribution in [2.24, 2.45) is 0 Å². The number of allylic oxidation sites excluding steroid dienone is 1. The van der Waals surface area contributed by atoms with E-state index >= 15 is 0 Å². The molecule has 1 aromatic carbocycles. The van der Waals surface area contributed by atoms with Gasteiger partial charge in [-0.1, -0.05) is 0 Å². The van der Waals surface area contributed by atoms with Crippen molar-refractivity contribution < 1.29 is 13.2 Å². The summed E-state index contributed by atoms with van der Waals surface area (Å²) in [6, 6.07) is 5.90. The Labute approximate surface area is 114 Å². The molecule has 1 aromatic rings. The molecule has 0 bridgehead atoms. The monoisotopic (exact) mass is 282 g/mol. The molecule has 0 N–H and O–H groups in total. The van der Waals surface area contributed by atoms with Crippen LogP contribution in [0, 0.1) is 0 Å². The summed E-state index contributed by atoms with van der Waals surface area (Å²) >= 11 is 0. The third-order valence-corrected chi connectivity index (χ3v) is 4.27. The zero-order valence-corrected chi connectivity index (χ0v) is 12.3. The predicted octanol–water partition coefficient (Wildman–Crippen LogP) is 1.19. The van der Waals surface area contributed by atoms with Gasteiger partial charge in [0.25, 0.3) is 0 Å². The van der Waals surface area contributed by atoms with E-state index in [1.165, 1.54) is 44.4 Å².